The molecule has 0 bridgehead atoms. The van der Waals surface area contributed by atoms with Gasteiger partial charge in [-0.05, 0) is 43.2 Å². The lowest BCUT2D eigenvalue weighted by molar-refractivity contribution is -0.137. The number of amides is 2. The van der Waals surface area contributed by atoms with E-state index in [4.69, 9.17) is 4.52 Å². The maximum absolute atomic E-state index is 12.7. The van der Waals surface area contributed by atoms with Gasteiger partial charge in [0.05, 0.1) is 22.2 Å². The molecule has 0 saturated heterocycles. The number of benzene rings is 1. The first-order chi connectivity index (χ1) is 14.6. The predicted octanol–water partition coefficient (Wildman–Crippen LogP) is 3.83. The van der Waals surface area contributed by atoms with Crippen molar-refractivity contribution in [1.82, 2.24) is 20.8 Å². The molecule has 0 spiro atoms. The highest BCUT2D eigenvalue weighted by Crippen LogP contribution is 2.29. The zero-order valence-electron chi connectivity index (χ0n) is 17.1. The zero-order chi connectivity index (χ0) is 22.8. The van der Waals surface area contributed by atoms with E-state index in [1.807, 2.05) is 13.8 Å². The number of pyridine rings is 1. The maximum atomic E-state index is 12.7. The zero-order valence-corrected chi connectivity index (χ0v) is 17.1. The molecule has 2 N–H and O–H groups in total. The summed E-state index contributed by atoms with van der Waals surface area (Å²) in [5, 5.41) is 9.66. The number of aryl methyl sites for hydroxylation is 1. The van der Waals surface area contributed by atoms with Gasteiger partial charge in [-0.2, -0.15) is 13.2 Å². The van der Waals surface area contributed by atoms with Crippen molar-refractivity contribution in [3.63, 3.8) is 0 Å². The van der Waals surface area contributed by atoms with Crippen LogP contribution in [0.4, 0.5) is 13.2 Å². The van der Waals surface area contributed by atoms with E-state index < -0.39 is 17.6 Å². The lowest BCUT2D eigenvalue weighted by Gasteiger charge is -2.11. The minimum absolute atomic E-state index is 0.0735. The molecule has 2 amide bonds. The van der Waals surface area contributed by atoms with E-state index in [0.717, 1.165) is 24.3 Å². The van der Waals surface area contributed by atoms with Gasteiger partial charge in [0.25, 0.3) is 17.5 Å². The quantitative estimate of drug-likeness (QED) is 0.575. The standard InChI is InChI=1S/C21H21F3N4O3/c1-11(2)16-10-15(17-12(3)28-31-20(17)27-16)19(30)26-9-8-25-18(29)13-4-6-14(7-5-13)21(22,23)24/h4-7,10-11H,8-9H2,1-3H3,(H,25,29)(H,26,30). The molecule has 7 nitrogen and oxygen atoms in total. The topological polar surface area (TPSA) is 97.1 Å². The molecular formula is C21H21F3N4O3. The van der Waals surface area contributed by atoms with E-state index in [1.165, 1.54) is 0 Å². The van der Waals surface area contributed by atoms with Gasteiger partial charge in [-0.3, -0.25) is 9.59 Å². The van der Waals surface area contributed by atoms with Crippen LogP contribution >= 0.6 is 0 Å². The molecule has 0 aliphatic carbocycles. The third kappa shape index (κ3) is 5.01. The minimum atomic E-state index is -4.46. The molecule has 10 heteroatoms. The van der Waals surface area contributed by atoms with E-state index in [9.17, 15) is 22.8 Å². The summed E-state index contributed by atoms with van der Waals surface area (Å²) in [5.41, 5.74) is 1.15. The van der Waals surface area contributed by atoms with Gasteiger partial charge in [-0.1, -0.05) is 19.0 Å². The summed E-state index contributed by atoms with van der Waals surface area (Å²) in [6, 6.07) is 5.59. The van der Waals surface area contributed by atoms with Gasteiger partial charge < -0.3 is 15.2 Å². The summed E-state index contributed by atoms with van der Waals surface area (Å²) < 4.78 is 43.0. The van der Waals surface area contributed by atoms with E-state index in [2.05, 4.69) is 20.8 Å². The molecule has 0 fully saturated rings. The number of alkyl halides is 3. The van der Waals surface area contributed by atoms with Gasteiger partial charge in [0.1, 0.15) is 0 Å². The highest BCUT2D eigenvalue weighted by Gasteiger charge is 2.30. The summed E-state index contributed by atoms with van der Waals surface area (Å²) in [7, 11) is 0. The molecule has 2 aromatic heterocycles. The average molecular weight is 434 g/mol. The van der Waals surface area contributed by atoms with Crippen LogP contribution in [0.25, 0.3) is 11.1 Å². The highest BCUT2D eigenvalue weighted by atomic mass is 19.4. The van der Waals surface area contributed by atoms with Crippen molar-refractivity contribution in [3.05, 3.63) is 58.4 Å². The fourth-order valence-electron chi connectivity index (χ4n) is 2.95. The second-order valence-electron chi connectivity index (χ2n) is 7.28. The molecule has 1 aromatic carbocycles. The van der Waals surface area contributed by atoms with Crippen LogP contribution in [-0.2, 0) is 6.18 Å². The van der Waals surface area contributed by atoms with Crippen LogP contribution < -0.4 is 10.6 Å². The minimum Gasteiger partial charge on any atom is -0.350 e. The highest BCUT2D eigenvalue weighted by molar-refractivity contribution is 6.06. The summed E-state index contributed by atoms with van der Waals surface area (Å²) in [5.74, 6) is -0.833. The van der Waals surface area contributed by atoms with E-state index in [0.29, 0.717) is 22.3 Å². The number of hydrogen-bond acceptors (Lipinski definition) is 5. The third-order valence-corrected chi connectivity index (χ3v) is 4.64. The molecule has 164 valence electrons. The number of aromatic nitrogens is 2. The second kappa shape index (κ2) is 8.75. The number of rotatable bonds is 6. The van der Waals surface area contributed by atoms with Crippen LogP contribution in [0.1, 0.15) is 57.4 Å². The third-order valence-electron chi connectivity index (χ3n) is 4.64. The Hall–Kier alpha value is -3.43. The number of hydrogen-bond donors (Lipinski definition) is 2. The van der Waals surface area contributed by atoms with Crippen molar-refractivity contribution in [2.75, 3.05) is 13.1 Å². The first-order valence-corrected chi connectivity index (χ1v) is 9.58. The van der Waals surface area contributed by atoms with Crippen LogP contribution in [-0.4, -0.2) is 35.0 Å². The summed E-state index contributed by atoms with van der Waals surface area (Å²) >= 11 is 0. The molecule has 0 radical (unpaired) electrons. The average Bonchev–Trinajstić information content (AvgIpc) is 3.10. The normalized spacial score (nSPS) is 11.7. The monoisotopic (exact) mass is 434 g/mol. The molecule has 3 aromatic rings. The number of fused-ring (bicyclic) bond motifs is 1. The Labute approximate surface area is 176 Å². The molecule has 0 atom stereocenters. The first kappa shape index (κ1) is 22.3. The SMILES string of the molecule is Cc1noc2nc(C(C)C)cc(C(=O)NCCNC(=O)c3ccc(C(F)(F)F)cc3)c12. The van der Waals surface area contributed by atoms with Gasteiger partial charge in [-0.15, -0.1) is 0 Å². The number of nitrogens with one attached hydrogen (secondary N) is 2. The summed E-state index contributed by atoms with van der Waals surface area (Å²) in [4.78, 5) is 29.2. The maximum Gasteiger partial charge on any atom is 0.416 e. The molecular weight excluding hydrogens is 413 g/mol. The summed E-state index contributed by atoms with van der Waals surface area (Å²) in [6.45, 7) is 5.81. The molecule has 0 aliphatic heterocycles. The Morgan fingerprint density at radius 1 is 1.06 bits per heavy atom. The van der Waals surface area contributed by atoms with Crippen LogP contribution in [0.2, 0.25) is 0 Å². The molecule has 0 unspecified atom stereocenters. The second-order valence-corrected chi connectivity index (χ2v) is 7.28. The molecule has 2 heterocycles. The van der Waals surface area contributed by atoms with Gasteiger partial charge >= 0.3 is 6.18 Å². The Kier molecular flexibility index (Phi) is 6.28. The van der Waals surface area contributed by atoms with Crippen LogP contribution in [0, 0.1) is 6.92 Å². The Bertz CT molecular complexity index is 1110. The molecule has 0 aliphatic rings. The Morgan fingerprint density at radius 3 is 2.26 bits per heavy atom. The fourth-order valence-corrected chi connectivity index (χ4v) is 2.95. The molecule has 3 rings (SSSR count). The number of carbonyl (C=O) groups excluding carboxylic acids is 2. The molecule has 0 saturated carbocycles. The number of carbonyl (C=O) groups is 2. The van der Waals surface area contributed by atoms with E-state index in [-0.39, 0.29) is 36.2 Å². The van der Waals surface area contributed by atoms with Crippen molar-refractivity contribution in [2.24, 2.45) is 0 Å². The lowest BCUT2D eigenvalue weighted by Crippen LogP contribution is -2.34. The van der Waals surface area contributed by atoms with Gasteiger partial charge in [-0.25, -0.2) is 4.98 Å². The van der Waals surface area contributed by atoms with Crippen LogP contribution in [0.3, 0.4) is 0 Å². The van der Waals surface area contributed by atoms with Crippen molar-refractivity contribution < 1.29 is 27.3 Å². The van der Waals surface area contributed by atoms with Crippen molar-refractivity contribution in [1.29, 1.82) is 0 Å². The van der Waals surface area contributed by atoms with Gasteiger partial charge in [0.15, 0.2) is 0 Å². The van der Waals surface area contributed by atoms with Crippen molar-refractivity contribution in [2.45, 2.75) is 32.9 Å². The summed E-state index contributed by atoms with van der Waals surface area (Å²) in [6.07, 6.45) is -4.46. The van der Waals surface area contributed by atoms with Crippen LogP contribution in [0.5, 0.6) is 0 Å². The van der Waals surface area contributed by atoms with Gasteiger partial charge in [0, 0.05) is 24.3 Å². The first-order valence-electron chi connectivity index (χ1n) is 9.58. The van der Waals surface area contributed by atoms with Crippen molar-refractivity contribution >= 4 is 22.9 Å². The number of nitrogens with zero attached hydrogens (tertiary/aromatic N) is 2. The Morgan fingerprint density at radius 2 is 1.68 bits per heavy atom. The Balaban J connectivity index is 1.60. The fraction of sp³-hybridized carbons (Fsp3) is 0.333. The largest absolute Gasteiger partial charge is 0.416 e. The predicted molar refractivity (Wildman–Crippen MR) is 107 cm³/mol. The van der Waals surface area contributed by atoms with E-state index >= 15 is 0 Å². The smallest absolute Gasteiger partial charge is 0.350 e. The van der Waals surface area contributed by atoms with Crippen LogP contribution in [0.15, 0.2) is 34.9 Å². The van der Waals surface area contributed by atoms with Gasteiger partial charge in [0.2, 0.25) is 0 Å². The van der Waals surface area contributed by atoms with E-state index in [1.54, 1.807) is 13.0 Å². The lowest BCUT2D eigenvalue weighted by atomic mass is 10.0. The number of halogens is 3. The molecule has 31 heavy (non-hydrogen) atoms. The van der Waals surface area contributed by atoms with Crippen molar-refractivity contribution in [3.8, 4) is 0 Å².